The van der Waals surface area contributed by atoms with Crippen LogP contribution in [-0.2, 0) is 9.53 Å². The lowest BCUT2D eigenvalue weighted by molar-refractivity contribution is -0.149. The first kappa shape index (κ1) is 11.3. The molecule has 0 aromatic carbocycles. The topological polar surface area (TPSA) is 102 Å². The van der Waals surface area contributed by atoms with Crippen LogP contribution in [0.25, 0.3) is 0 Å². The van der Waals surface area contributed by atoms with E-state index in [-0.39, 0.29) is 0 Å². The predicted octanol–water partition coefficient (Wildman–Crippen LogP) is -2.33. The molecule has 0 aliphatic carbocycles. The predicted molar refractivity (Wildman–Crippen MR) is 51.5 cm³/mol. The Kier molecular flexibility index (Phi) is 2.85. The van der Waals surface area contributed by atoms with Crippen molar-refractivity contribution in [2.24, 2.45) is 0 Å². The highest BCUT2D eigenvalue weighted by Crippen LogP contribution is 2.25. The third-order valence-corrected chi connectivity index (χ3v) is 2.72. The number of nitrogens with zero attached hydrogens (tertiary/aromatic N) is 1. The minimum atomic E-state index is -1.27. The molecule has 2 heterocycles. The first-order chi connectivity index (χ1) is 7.50. The zero-order valence-electron chi connectivity index (χ0n) is 8.65. The highest BCUT2D eigenvalue weighted by atomic mass is 16.6. The van der Waals surface area contributed by atoms with E-state index >= 15 is 0 Å². The summed E-state index contributed by atoms with van der Waals surface area (Å²) in [6.07, 6.45) is -2.29. The van der Waals surface area contributed by atoms with Crippen LogP contribution in [0.15, 0.2) is 12.3 Å². The lowest BCUT2D eigenvalue weighted by Crippen LogP contribution is -2.55. The SMILES string of the molecule is C[C@H]1OC(N2C=CC(=O)NC2O)[C@@H](O)[C@H]1O. The van der Waals surface area contributed by atoms with E-state index in [2.05, 4.69) is 5.32 Å². The second-order valence-corrected chi connectivity index (χ2v) is 3.86. The van der Waals surface area contributed by atoms with Crippen LogP contribution in [0.3, 0.4) is 0 Å². The molecule has 0 saturated carbocycles. The lowest BCUT2D eigenvalue weighted by Gasteiger charge is -2.35. The first-order valence-corrected chi connectivity index (χ1v) is 4.96. The molecule has 1 amide bonds. The molecule has 2 aliphatic rings. The van der Waals surface area contributed by atoms with E-state index in [1.165, 1.54) is 17.2 Å². The summed E-state index contributed by atoms with van der Waals surface area (Å²) in [6.45, 7) is 1.62. The fourth-order valence-corrected chi connectivity index (χ4v) is 1.78. The van der Waals surface area contributed by atoms with Crippen molar-refractivity contribution in [2.75, 3.05) is 0 Å². The molecule has 7 nitrogen and oxygen atoms in total. The number of amides is 1. The van der Waals surface area contributed by atoms with Gasteiger partial charge in [-0.1, -0.05) is 0 Å². The van der Waals surface area contributed by atoms with Gasteiger partial charge in [0, 0.05) is 12.3 Å². The van der Waals surface area contributed by atoms with Crippen molar-refractivity contribution in [3.8, 4) is 0 Å². The molecule has 5 atom stereocenters. The largest absolute Gasteiger partial charge is 0.388 e. The van der Waals surface area contributed by atoms with Crippen molar-refractivity contribution < 1.29 is 24.9 Å². The number of carbonyl (C=O) groups excluding carboxylic acids is 1. The molecule has 0 radical (unpaired) electrons. The van der Waals surface area contributed by atoms with Crippen molar-refractivity contribution >= 4 is 5.91 Å². The summed E-state index contributed by atoms with van der Waals surface area (Å²) in [5, 5.41) is 31.0. The van der Waals surface area contributed by atoms with Crippen LogP contribution in [0.1, 0.15) is 6.92 Å². The Morgan fingerprint density at radius 1 is 1.38 bits per heavy atom. The summed E-state index contributed by atoms with van der Waals surface area (Å²) in [5.74, 6) is -0.426. The average Bonchev–Trinajstić information content (AvgIpc) is 2.46. The van der Waals surface area contributed by atoms with Crippen LogP contribution in [-0.4, -0.2) is 57.0 Å². The fraction of sp³-hybridized carbons (Fsp3) is 0.667. The number of hydrogen-bond acceptors (Lipinski definition) is 6. The maximum Gasteiger partial charge on any atom is 0.248 e. The van der Waals surface area contributed by atoms with E-state index in [1.807, 2.05) is 0 Å². The van der Waals surface area contributed by atoms with Gasteiger partial charge in [-0.3, -0.25) is 4.79 Å². The van der Waals surface area contributed by atoms with Gasteiger partial charge < -0.3 is 30.3 Å². The average molecular weight is 230 g/mol. The summed E-state index contributed by atoms with van der Waals surface area (Å²) >= 11 is 0. The van der Waals surface area contributed by atoms with Gasteiger partial charge in [-0.2, -0.15) is 0 Å². The Hall–Kier alpha value is -1.15. The van der Waals surface area contributed by atoms with E-state index in [1.54, 1.807) is 6.92 Å². The summed E-state index contributed by atoms with van der Waals surface area (Å²) in [7, 11) is 0. The van der Waals surface area contributed by atoms with Gasteiger partial charge >= 0.3 is 0 Å². The minimum Gasteiger partial charge on any atom is -0.388 e. The highest BCUT2D eigenvalue weighted by molar-refractivity contribution is 5.88. The van der Waals surface area contributed by atoms with E-state index < -0.39 is 36.8 Å². The van der Waals surface area contributed by atoms with Gasteiger partial charge in [-0.15, -0.1) is 0 Å². The number of aliphatic hydroxyl groups is 3. The molecular formula is C9H14N2O5. The molecule has 1 saturated heterocycles. The number of nitrogens with one attached hydrogen (secondary N) is 1. The van der Waals surface area contributed by atoms with E-state index in [0.29, 0.717) is 0 Å². The fourth-order valence-electron chi connectivity index (χ4n) is 1.78. The molecule has 0 bridgehead atoms. The normalized spacial score (nSPS) is 43.6. The third kappa shape index (κ3) is 1.78. The van der Waals surface area contributed by atoms with Gasteiger partial charge in [-0.25, -0.2) is 0 Å². The molecule has 7 heteroatoms. The van der Waals surface area contributed by atoms with Crippen molar-refractivity contribution in [1.29, 1.82) is 0 Å². The molecule has 0 aromatic heterocycles. The van der Waals surface area contributed by atoms with E-state index in [9.17, 15) is 20.1 Å². The quantitative estimate of drug-likeness (QED) is 0.403. The second-order valence-electron chi connectivity index (χ2n) is 3.86. The van der Waals surface area contributed by atoms with Gasteiger partial charge in [0.05, 0.1) is 6.10 Å². The molecular weight excluding hydrogens is 216 g/mol. The molecule has 90 valence electrons. The van der Waals surface area contributed by atoms with E-state index in [0.717, 1.165) is 0 Å². The first-order valence-electron chi connectivity index (χ1n) is 4.96. The van der Waals surface area contributed by atoms with Crippen LogP contribution in [0.2, 0.25) is 0 Å². The molecule has 4 N–H and O–H groups in total. The molecule has 2 unspecified atom stereocenters. The smallest absolute Gasteiger partial charge is 0.248 e. The van der Waals surface area contributed by atoms with Crippen LogP contribution in [0.5, 0.6) is 0 Å². The molecule has 2 aliphatic heterocycles. The third-order valence-electron chi connectivity index (χ3n) is 2.72. The standard InChI is InChI=1S/C9H14N2O5/c1-4-6(13)7(14)8(16-4)11-3-2-5(12)10-9(11)15/h2-4,6-9,13-15H,1H3,(H,10,12)/t4-,6+,7+,8?,9?/m1/s1. The molecule has 0 aromatic rings. The monoisotopic (exact) mass is 230 g/mol. The van der Waals surface area contributed by atoms with Crippen LogP contribution >= 0.6 is 0 Å². The van der Waals surface area contributed by atoms with Crippen molar-refractivity contribution in [1.82, 2.24) is 10.2 Å². The number of ether oxygens (including phenoxy) is 1. The minimum absolute atomic E-state index is 0.426. The molecule has 2 rings (SSSR count). The van der Waals surface area contributed by atoms with E-state index in [4.69, 9.17) is 4.74 Å². The van der Waals surface area contributed by atoms with Crippen molar-refractivity contribution in [2.45, 2.75) is 37.8 Å². The van der Waals surface area contributed by atoms with Gasteiger partial charge in [0.1, 0.15) is 12.2 Å². The van der Waals surface area contributed by atoms with Gasteiger partial charge in [0.2, 0.25) is 12.3 Å². The summed E-state index contributed by atoms with van der Waals surface area (Å²) in [5.41, 5.74) is 0. The lowest BCUT2D eigenvalue weighted by atomic mass is 10.1. The summed E-state index contributed by atoms with van der Waals surface area (Å²) in [4.78, 5) is 12.1. The summed E-state index contributed by atoms with van der Waals surface area (Å²) < 4.78 is 5.29. The Balaban J connectivity index is 2.14. The van der Waals surface area contributed by atoms with Crippen molar-refractivity contribution in [3.63, 3.8) is 0 Å². The van der Waals surface area contributed by atoms with Crippen LogP contribution < -0.4 is 5.32 Å². The Morgan fingerprint density at radius 3 is 2.56 bits per heavy atom. The van der Waals surface area contributed by atoms with Gasteiger partial charge in [0.15, 0.2) is 6.23 Å². The summed E-state index contributed by atoms with van der Waals surface area (Å²) in [6, 6.07) is 0. The highest BCUT2D eigenvalue weighted by Gasteiger charge is 2.44. The van der Waals surface area contributed by atoms with Gasteiger partial charge in [0.25, 0.3) is 0 Å². The maximum atomic E-state index is 10.9. The Bertz CT molecular complexity index is 321. The molecule has 16 heavy (non-hydrogen) atoms. The second kappa shape index (κ2) is 4.02. The zero-order chi connectivity index (χ0) is 11.9. The van der Waals surface area contributed by atoms with Crippen LogP contribution in [0.4, 0.5) is 0 Å². The number of hydrogen-bond donors (Lipinski definition) is 4. The Morgan fingerprint density at radius 2 is 2.06 bits per heavy atom. The van der Waals surface area contributed by atoms with Gasteiger partial charge in [-0.05, 0) is 6.92 Å². The van der Waals surface area contributed by atoms with Crippen LogP contribution in [0, 0.1) is 0 Å². The zero-order valence-corrected chi connectivity index (χ0v) is 8.65. The number of carbonyl (C=O) groups is 1. The molecule has 1 fully saturated rings. The Labute approximate surface area is 91.9 Å². The van der Waals surface area contributed by atoms with Crippen molar-refractivity contribution in [3.05, 3.63) is 12.3 Å². The number of rotatable bonds is 1. The number of aliphatic hydroxyl groups excluding tert-OH is 3. The maximum absolute atomic E-state index is 10.9. The molecule has 0 spiro atoms.